The van der Waals surface area contributed by atoms with Gasteiger partial charge in [-0.1, -0.05) is 41.4 Å². The number of para-hydroxylation sites is 1. The molecule has 1 heterocycles. The number of fused-ring (bicyclic) bond motifs is 1. The van der Waals surface area contributed by atoms with Crippen LogP contribution in [0.25, 0.3) is 0 Å². The first-order valence-corrected chi connectivity index (χ1v) is 8.49. The summed E-state index contributed by atoms with van der Waals surface area (Å²) in [5.41, 5.74) is 2.73. The maximum absolute atomic E-state index is 12.4. The highest BCUT2D eigenvalue weighted by Crippen LogP contribution is 2.32. The van der Waals surface area contributed by atoms with Gasteiger partial charge in [0.25, 0.3) is 5.91 Å². The Labute approximate surface area is 156 Å². The average molecular weight is 372 g/mol. The predicted octanol–water partition coefficient (Wildman–Crippen LogP) is 4.79. The van der Waals surface area contributed by atoms with E-state index in [1.807, 2.05) is 29.2 Å². The Bertz CT molecular complexity index is 902. The van der Waals surface area contributed by atoms with Crippen molar-refractivity contribution in [1.29, 1.82) is 5.26 Å². The molecule has 126 valence electrons. The van der Waals surface area contributed by atoms with E-state index in [4.69, 9.17) is 23.2 Å². The third kappa shape index (κ3) is 3.63. The second-order valence-corrected chi connectivity index (χ2v) is 6.64. The molecule has 0 aliphatic carbocycles. The zero-order valence-electron chi connectivity index (χ0n) is 13.5. The van der Waals surface area contributed by atoms with Crippen molar-refractivity contribution in [1.82, 2.24) is 0 Å². The van der Waals surface area contributed by atoms with E-state index in [9.17, 15) is 10.1 Å². The molecule has 1 atom stereocenters. The van der Waals surface area contributed by atoms with Crippen LogP contribution in [0, 0.1) is 11.3 Å². The molecule has 0 fully saturated rings. The van der Waals surface area contributed by atoms with Gasteiger partial charge < -0.3 is 10.2 Å². The summed E-state index contributed by atoms with van der Waals surface area (Å²) >= 11 is 11.8. The predicted molar refractivity (Wildman–Crippen MR) is 101 cm³/mol. The molecule has 6 heteroatoms. The van der Waals surface area contributed by atoms with E-state index in [2.05, 4.69) is 18.3 Å². The van der Waals surface area contributed by atoms with Crippen molar-refractivity contribution in [3.8, 4) is 6.07 Å². The first-order valence-electron chi connectivity index (χ1n) is 7.74. The molecule has 1 amide bonds. The summed E-state index contributed by atoms with van der Waals surface area (Å²) in [4.78, 5) is 14.4. The molecule has 2 aromatic rings. The highest BCUT2D eigenvalue weighted by Gasteiger charge is 2.25. The van der Waals surface area contributed by atoms with E-state index in [-0.39, 0.29) is 11.6 Å². The lowest BCUT2D eigenvalue weighted by Crippen LogP contribution is -2.25. The summed E-state index contributed by atoms with van der Waals surface area (Å²) in [5.74, 6) is -0.488. The van der Waals surface area contributed by atoms with Crippen LogP contribution in [0.5, 0.6) is 0 Å². The molecule has 1 aliphatic heterocycles. The monoisotopic (exact) mass is 371 g/mol. The van der Waals surface area contributed by atoms with E-state index >= 15 is 0 Å². The SMILES string of the molecule is CC1Cc2ccccc2N1/C=C(/C#N)C(=O)Nc1ccc(Cl)c(Cl)c1. The second-order valence-electron chi connectivity index (χ2n) is 5.83. The molecular formula is C19H15Cl2N3O. The van der Waals surface area contributed by atoms with E-state index in [0.29, 0.717) is 15.7 Å². The molecule has 0 bridgehead atoms. The smallest absolute Gasteiger partial charge is 0.267 e. The van der Waals surface area contributed by atoms with Gasteiger partial charge in [0.15, 0.2) is 0 Å². The number of nitriles is 1. The number of benzene rings is 2. The van der Waals surface area contributed by atoms with Gasteiger partial charge in [-0.05, 0) is 43.2 Å². The Morgan fingerprint density at radius 2 is 2.04 bits per heavy atom. The Balaban J connectivity index is 1.84. The number of carbonyl (C=O) groups excluding carboxylic acids is 1. The van der Waals surface area contributed by atoms with Crippen LogP contribution in [0.3, 0.4) is 0 Å². The molecule has 1 aliphatic rings. The van der Waals surface area contributed by atoms with Crippen molar-refractivity contribution in [2.24, 2.45) is 0 Å². The number of halogens is 2. The lowest BCUT2D eigenvalue weighted by atomic mass is 10.1. The molecule has 0 spiro atoms. The lowest BCUT2D eigenvalue weighted by molar-refractivity contribution is -0.112. The van der Waals surface area contributed by atoms with E-state index in [0.717, 1.165) is 12.1 Å². The Morgan fingerprint density at radius 1 is 1.28 bits per heavy atom. The maximum Gasteiger partial charge on any atom is 0.267 e. The molecule has 25 heavy (non-hydrogen) atoms. The van der Waals surface area contributed by atoms with Crippen LogP contribution in [0.1, 0.15) is 12.5 Å². The van der Waals surface area contributed by atoms with Gasteiger partial charge in [0.05, 0.1) is 10.0 Å². The van der Waals surface area contributed by atoms with Gasteiger partial charge in [-0.25, -0.2) is 0 Å². The Morgan fingerprint density at radius 3 is 2.76 bits per heavy atom. The van der Waals surface area contributed by atoms with Crippen molar-refractivity contribution < 1.29 is 4.79 Å². The number of rotatable bonds is 3. The number of hydrogen-bond acceptors (Lipinski definition) is 3. The summed E-state index contributed by atoms with van der Waals surface area (Å²) in [6.45, 7) is 2.06. The highest BCUT2D eigenvalue weighted by atomic mass is 35.5. The fraction of sp³-hybridized carbons (Fsp3) is 0.158. The first kappa shape index (κ1) is 17.3. The number of hydrogen-bond donors (Lipinski definition) is 1. The average Bonchev–Trinajstić information content (AvgIpc) is 2.91. The molecule has 1 unspecified atom stereocenters. The topological polar surface area (TPSA) is 56.1 Å². The number of nitrogens with zero attached hydrogens (tertiary/aromatic N) is 2. The zero-order valence-corrected chi connectivity index (χ0v) is 15.0. The quantitative estimate of drug-likeness (QED) is 0.623. The normalized spacial score (nSPS) is 16.3. The minimum atomic E-state index is -0.488. The lowest BCUT2D eigenvalue weighted by Gasteiger charge is -2.20. The van der Waals surface area contributed by atoms with Gasteiger partial charge in [-0.3, -0.25) is 4.79 Å². The largest absolute Gasteiger partial charge is 0.343 e. The second kappa shape index (κ2) is 7.18. The number of anilines is 2. The molecule has 0 aromatic heterocycles. The van der Waals surface area contributed by atoms with Gasteiger partial charge in [-0.2, -0.15) is 5.26 Å². The van der Waals surface area contributed by atoms with Crippen LogP contribution < -0.4 is 10.2 Å². The summed E-state index contributed by atoms with van der Waals surface area (Å²) in [6, 6.07) is 14.9. The molecule has 0 saturated heterocycles. The van der Waals surface area contributed by atoms with Gasteiger partial charge in [-0.15, -0.1) is 0 Å². The molecule has 2 aromatic carbocycles. The van der Waals surface area contributed by atoms with Gasteiger partial charge in [0, 0.05) is 23.6 Å². The maximum atomic E-state index is 12.4. The van der Waals surface area contributed by atoms with Gasteiger partial charge >= 0.3 is 0 Å². The number of nitrogens with one attached hydrogen (secondary N) is 1. The number of amides is 1. The van der Waals surface area contributed by atoms with Crippen molar-refractivity contribution >= 4 is 40.5 Å². The third-order valence-corrected chi connectivity index (χ3v) is 4.81. The molecule has 3 rings (SSSR count). The summed E-state index contributed by atoms with van der Waals surface area (Å²) in [6.07, 6.45) is 2.48. The summed E-state index contributed by atoms with van der Waals surface area (Å²) in [5, 5.41) is 12.8. The van der Waals surface area contributed by atoms with E-state index < -0.39 is 5.91 Å². The van der Waals surface area contributed by atoms with E-state index in [1.165, 1.54) is 5.56 Å². The third-order valence-electron chi connectivity index (χ3n) is 4.07. The van der Waals surface area contributed by atoms with Crippen LogP contribution in [0.2, 0.25) is 10.0 Å². The van der Waals surface area contributed by atoms with Crippen LogP contribution in [-0.2, 0) is 11.2 Å². The van der Waals surface area contributed by atoms with Crippen molar-refractivity contribution in [3.63, 3.8) is 0 Å². The fourth-order valence-corrected chi connectivity index (χ4v) is 3.13. The van der Waals surface area contributed by atoms with Crippen molar-refractivity contribution in [2.75, 3.05) is 10.2 Å². The van der Waals surface area contributed by atoms with Gasteiger partial charge in [0.1, 0.15) is 11.6 Å². The van der Waals surface area contributed by atoms with E-state index in [1.54, 1.807) is 24.4 Å². The molecule has 0 radical (unpaired) electrons. The summed E-state index contributed by atoms with van der Waals surface area (Å²) in [7, 11) is 0. The fourth-order valence-electron chi connectivity index (χ4n) is 2.84. The minimum absolute atomic E-state index is 0.0228. The van der Waals surface area contributed by atoms with Crippen LogP contribution >= 0.6 is 23.2 Å². The van der Waals surface area contributed by atoms with Crippen molar-refractivity contribution in [3.05, 3.63) is 69.8 Å². The molecule has 4 nitrogen and oxygen atoms in total. The highest BCUT2D eigenvalue weighted by molar-refractivity contribution is 6.42. The zero-order chi connectivity index (χ0) is 18.0. The minimum Gasteiger partial charge on any atom is -0.343 e. The first-order chi connectivity index (χ1) is 12.0. The standard InChI is InChI=1S/C19H15Cl2N3O/c1-12-8-13-4-2-3-5-18(13)24(12)11-14(10-22)19(25)23-15-6-7-16(20)17(21)9-15/h2-7,9,11-12H,8H2,1H3,(H,23,25)/b14-11-. The Hall–Kier alpha value is -2.48. The van der Waals surface area contributed by atoms with Crippen LogP contribution in [0.15, 0.2) is 54.2 Å². The Kier molecular flexibility index (Phi) is 4.98. The van der Waals surface area contributed by atoms with Crippen LogP contribution in [0.4, 0.5) is 11.4 Å². The van der Waals surface area contributed by atoms with Gasteiger partial charge in [0.2, 0.25) is 0 Å². The molecule has 1 N–H and O–H groups in total. The number of carbonyl (C=O) groups is 1. The van der Waals surface area contributed by atoms with Crippen molar-refractivity contribution in [2.45, 2.75) is 19.4 Å². The summed E-state index contributed by atoms with van der Waals surface area (Å²) < 4.78 is 0. The molecular weight excluding hydrogens is 357 g/mol. The molecule has 0 saturated carbocycles. The van der Waals surface area contributed by atoms with Crippen LogP contribution in [-0.4, -0.2) is 11.9 Å².